The Morgan fingerprint density at radius 1 is 1.40 bits per heavy atom. The molecule has 0 amide bonds. The summed E-state index contributed by atoms with van der Waals surface area (Å²) in [6, 6.07) is 0. The van der Waals surface area contributed by atoms with Gasteiger partial charge in [0.15, 0.2) is 10.6 Å². The zero-order valence-corrected chi connectivity index (χ0v) is 9.59. The van der Waals surface area contributed by atoms with Crippen molar-refractivity contribution in [1.82, 2.24) is 35.0 Å². The fourth-order valence-corrected chi connectivity index (χ4v) is 1.54. The first-order chi connectivity index (χ1) is 7.20. The molecule has 2 aromatic rings. The van der Waals surface area contributed by atoms with Crippen LogP contribution in [0.3, 0.4) is 0 Å². The molecule has 2 heterocycles. The van der Waals surface area contributed by atoms with Gasteiger partial charge in [0.25, 0.3) is 0 Å². The van der Waals surface area contributed by atoms with Crippen LogP contribution in [-0.4, -0.2) is 35.0 Å². The van der Waals surface area contributed by atoms with Gasteiger partial charge in [-0.15, -0.1) is 10.2 Å². The van der Waals surface area contributed by atoms with Gasteiger partial charge in [-0.25, -0.2) is 9.36 Å². The number of halogens is 1. The topological polar surface area (TPSA) is 100 Å². The molecule has 2 rings (SSSR count). The first-order valence-corrected chi connectivity index (χ1v) is 5.11. The molecule has 0 saturated carbocycles. The number of nitrogens with zero attached hydrogens (tertiary/aromatic N) is 7. The minimum absolute atomic E-state index is 0.220. The summed E-state index contributed by atoms with van der Waals surface area (Å²) >= 11 is 3.24. The zero-order chi connectivity index (χ0) is 10.8. The van der Waals surface area contributed by atoms with Gasteiger partial charge >= 0.3 is 0 Å². The highest BCUT2D eigenvalue weighted by Gasteiger charge is 2.10. The molecule has 15 heavy (non-hydrogen) atoms. The van der Waals surface area contributed by atoms with Gasteiger partial charge in [0.2, 0.25) is 5.95 Å². The molecule has 0 fully saturated rings. The summed E-state index contributed by atoms with van der Waals surface area (Å²) in [7, 11) is 0. The lowest BCUT2D eigenvalue weighted by Crippen LogP contribution is -2.10. The number of nitrogens with two attached hydrogens (primary N) is 1. The van der Waals surface area contributed by atoms with Gasteiger partial charge < -0.3 is 5.73 Å². The summed E-state index contributed by atoms with van der Waals surface area (Å²) < 4.78 is 3.84. The lowest BCUT2D eigenvalue weighted by Gasteiger charge is -2.01. The van der Waals surface area contributed by atoms with E-state index in [1.165, 1.54) is 0 Å². The first-order valence-electron chi connectivity index (χ1n) is 4.31. The fraction of sp³-hybridized carbons (Fsp3) is 0.500. The summed E-state index contributed by atoms with van der Waals surface area (Å²) in [6.45, 7) is 3.11. The van der Waals surface area contributed by atoms with Crippen molar-refractivity contribution in [3.63, 3.8) is 0 Å². The molecular weight excluding hydrogens is 264 g/mol. The molecule has 0 aliphatic carbocycles. The Morgan fingerprint density at radius 2 is 2.20 bits per heavy atom. The number of nitrogen functional groups attached to an aromatic ring is 1. The summed E-state index contributed by atoms with van der Waals surface area (Å²) in [6.07, 6.45) is 0. The number of anilines is 1. The van der Waals surface area contributed by atoms with Gasteiger partial charge in [0.05, 0.1) is 0 Å². The molecular formula is C6H9BrN8. The van der Waals surface area contributed by atoms with E-state index < -0.39 is 0 Å². The average molecular weight is 273 g/mol. The SMILES string of the molecule is CCn1nnnc1Cn1nc(N)nc1Br. The van der Waals surface area contributed by atoms with Crippen molar-refractivity contribution >= 4 is 21.9 Å². The summed E-state index contributed by atoms with van der Waals surface area (Å²) in [5.74, 6) is 0.931. The van der Waals surface area contributed by atoms with Crippen LogP contribution in [0.2, 0.25) is 0 Å². The van der Waals surface area contributed by atoms with E-state index in [9.17, 15) is 0 Å². The van der Waals surface area contributed by atoms with E-state index in [0.717, 1.165) is 0 Å². The molecule has 0 aliphatic heterocycles. The van der Waals surface area contributed by atoms with E-state index >= 15 is 0 Å². The normalized spacial score (nSPS) is 10.8. The third-order valence-electron chi connectivity index (χ3n) is 1.84. The molecule has 0 unspecified atom stereocenters. The van der Waals surface area contributed by atoms with Gasteiger partial charge in [0, 0.05) is 6.54 Å². The maximum Gasteiger partial charge on any atom is 0.240 e. The summed E-state index contributed by atoms with van der Waals surface area (Å²) in [5, 5.41) is 15.3. The Hall–Kier alpha value is -1.51. The second-order valence-corrected chi connectivity index (χ2v) is 3.52. The van der Waals surface area contributed by atoms with Crippen molar-refractivity contribution in [2.45, 2.75) is 20.0 Å². The number of rotatable bonds is 3. The van der Waals surface area contributed by atoms with Crippen LogP contribution in [0, 0.1) is 0 Å². The second kappa shape index (κ2) is 3.93. The fourth-order valence-electron chi connectivity index (χ4n) is 1.16. The van der Waals surface area contributed by atoms with Crippen molar-refractivity contribution in [1.29, 1.82) is 0 Å². The van der Waals surface area contributed by atoms with Crippen LogP contribution in [-0.2, 0) is 13.1 Å². The van der Waals surface area contributed by atoms with E-state index in [4.69, 9.17) is 5.73 Å². The molecule has 8 nitrogen and oxygen atoms in total. The highest BCUT2D eigenvalue weighted by molar-refractivity contribution is 9.10. The number of aromatic nitrogens is 7. The van der Waals surface area contributed by atoms with Crippen LogP contribution < -0.4 is 5.73 Å². The molecule has 0 aromatic carbocycles. The van der Waals surface area contributed by atoms with Crippen LogP contribution in [0.15, 0.2) is 4.73 Å². The molecule has 0 aliphatic rings. The predicted molar refractivity (Wildman–Crippen MR) is 54.7 cm³/mol. The maximum atomic E-state index is 5.45. The van der Waals surface area contributed by atoms with Gasteiger partial charge in [-0.2, -0.15) is 4.98 Å². The van der Waals surface area contributed by atoms with Crippen molar-refractivity contribution in [3.8, 4) is 0 Å². The Bertz CT molecular complexity index is 459. The van der Waals surface area contributed by atoms with E-state index in [2.05, 4.69) is 41.5 Å². The zero-order valence-electron chi connectivity index (χ0n) is 8.00. The van der Waals surface area contributed by atoms with Gasteiger partial charge in [-0.3, -0.25) is 0 Å². The third kappa shape index (κ3) is 1.96. The van der Waals surface area contributed by atoms with Crippen molar-refractivity contribution in [2.75, 3.05) is 5.73 Å². The summed E-state index contributed by atoms with van der Waals surface area (Å²) in [5.41, 5.74) is 5.45. The number of tetrazole rings is 1. The van der Waals surface area contributed by atoms with Crippen molar-refractivity contribution < 1.29 is 0 Å². The van der Waals surface area contributed by atoms with E-state index in [1.54, 1.807) is 9.36 Å². The van der Waals surface area contributed by atoms with E-state index in [-0.39, 0.29) is 5.95 Å². The van der Waals surface area contributed by atoms with Crippen LogP contribution in [0.5, 0.6) is 0 Å². The van der Waals surface area contributed by atoms with Crippen LogP contribution >= 0.6 is 15.9 Å². The molecule has 0 saturated heterocycles. The Labute approximate surface area is 93.6 Å². The Kier molecular flexibility index (Phi) is 2.62. The van der Waals surface area contributed by atoms with Crippen molar-refractivity contribution in [3.05, 3.63) is 10.6 Å². The minimum Gasteiger partial charge on any atom is -0.366 e. The van der Waals surface area contributed by atoms with Crippen molar-refractivity contribution in [2.24, 2.45) is 0 Å². The van der Waals surface area contributed by atoms with Gasteiger partial charge in [-0.1, -0.05) is 0 Å². The smallest absolute Gasteiger partial charge is 0.240 e. The van der Waals surface area contributed by atoms with Crippen LogP contribution in [0.4, 0.5) is 5.95 Å². The highest BCUT2D eigenvalue weighted by Crippen LogP contribution is 2.09. The molecule has 0 radical (unpaired) electrons. The minimum atomic E-state index is 0.220. The van der Waals surface area contributed by atoms with Crippen LogP contribution in [0.1, 0.15) is 12.7 Å². The maximum absolute atomic E-state index is 5.45. The molecule has 2 aromatic heterocycles. The molecule has 80 valence electrons. The number of hydrogen-bond acceptors (Lipinski definition) is 6. The second-order valence-electron chi connectivity index (χ2n) is 2.81. The lowest BCUT2D eigenvalue weighted by molar-refractivity contribution is 0.556. The molecule has 0 spiro atoms. The van der Waals surface area contributed by atoms with Gasteiger partial charge in [-0.05, 0) is 33.3 Å². The average Bonchev–Trinajstić information content (AvgIpc) is 2.74. The number of hydrogen-bond donors (Lipinski definition) is 1. The monoisotopic (exact) mass is 272 g/mol. The number of aryl methyl sites for hydroxylation is 1. The summed E-state index contributed by atoms with van der Waals surface area (Å²) in [4.78, 5) is 3.92. The third-order valence-corrected chi connectivity index (χ3v) is 2.43. The van der Waals surface area contributed by atoms with Crippen LogP contribution in [0.25, 0.3) is 0 Å². The largest absolute Gasteiger partial charge is 0.366 e. The first kappa shape index (κ1) is 10.0. The quantitative estimate of drug-likeness (QED) is 0.822. The molecule has 2 N–H and O–H groups in total. The van der Waals surface area contributed by atoms with E-state index in [1.807, 2.05) is 6.92 Å². The molecule has 9 heteroatoms. The lowest BCUT2D eigenvalue weighted by atomic mass is 10.6. The standard InChI is InChI=1S/C6H9BrN8/c1-2-14-4(10-12-13-14)3-15-5(7)9-6(8)11-15/h2-3H2,1H3,(H2,8,11). The van der Waals surface area contributed by atoms with Gasteiger partial charge in [0.1, 0.15) is 6.54 Å². The molecule has 0 bridgehead atoms. The Balaban J connectivity index is 2.25. The van der Waals surface area contributed by atoms with E-state index in [0.29, 0.717) is 23.6 Å². The Morgan fingerprint density at radius 3 is 2.80 bits per heavy atom. The predicted octanol–water partition coefficient (Wildman–Crippen LogP) is -0.322. The highest BCUT2D eigenvalue weighted by atomic mass is 79.9. The molecule has 0 atom stereocenters.